The van der Waals surface area contributed by atoms with Gasteiger partial charge in [-0.15, -0.1) is 0 Å². The Hall–Kier alpha value is -1.98. The summed E-state index contributed by atoms with van der Waals surface area (Å²) in [6.07, 6.45) is 2.34. The number of amidine groups is 1. The second-order valence-corrected chi connectivity index (χ2v) is 7.57. The van der Waals surface area contributed by atoms with Crippen LogP contribution in [0.15, 0.2) is 53.5 Å². The monoisotopic (exact) mass is 387 g/mol. The van der Waals surface area contributed by atoms with Crippen LogP contribution in [0.5, 0.6) is 0 Å². The van der Waals surface area contributed by atoms with Crippen LogP contribution in [0.25, 0.3) is 0 Å². The molecular formula is C20H22ClN3OS. The Labute approximate surface area is 163 Å². The molecule has 0 spiro atoms. The molecule has 2 aromatic carbocycles. The number of hydrogen-bond acceptors (Lipinski definition) is 3. The van der Waals surface area contributed by atoms with Gasteiger partial charge in [-0.05, 0) is 49.6 Å². The number of carbonyl (C=O) groups excluding carboxylic acids is 1. The molecule has 4 nitrogen and oxygen atoms in total. The SMILES string of the molecule is Cc1ccc(NC(=O)CSC(=Nc2ccccc2)N2CCCC2)cc1Cl. The molecule has 0 unspecified atom stereocenters. The zero-order valence-corrected chi connectivity index (χ0v) is 16.3. The summed E-state index contributed by atoms with van der Waals surface area (Å²) in [6, 6.07) is 15.4. The van der Waals surface area contributed by atoms with E-state index in [1.165, 1.54) is 24.6 Å². The van der Waals surface area contributed by atoms with Crippen molar-refractivity contribution in [2.45, 2.75) is 19.8 Å². The minimum absolute atomic E-state index is 0.0603. The molecule has 1 aliphatic heterocycles. The summed E-state index contributed by atoms with van der Waals surface area (Å²) in [5.41, 5.74) is 2.62. The topological polar surface area (TPSA) is 44.7 Å². The lowest BCUT2D eigenvalue weighted by atomic mass is 10.2. The van der Waals surface area contributed by atoms with Gasteiger partial charge in [0.1, 0.15) is 0 Å². The largest absolute Gasteiger partial charge is 0.351 e. The number of thioether (sulfide) groups is 1. The fourth-order valence-electron chi connectivity index (χ4n) is 2.71. The van der Waals surface area contributed by atoms with Gasteiger partial charge in [-0.2, -0.15) is 0 Å². The van der Waals surface area contributed by atoms with Gasteiger partial charge >= 0.3 is 0 Å². The molecule has 1 aliphatic rings. The number of rotatable bonds is 4. The second kappa shape index (κ2) is 9.10. The second-order valence-electron chi connectivity index (χ2n) is 6.22. The maximum Gasteiger partial charge on any atom is 0.234 e. The predicted octanol–water partition coefficient (Wildman–Crippen LogP) is 5.10. The lowest BCUT2D eigenvalue weighted by Crippen LogP contribution is -2.27. The Morgan fingerprint density at radius 2 is 1.92 bits per heavy atom. The number of aryl methyl sites for hydroxylation is 1. The number of anilines is 1. The first-order valence-electron chi connectivity index (χ1n) is 8.69. The highest BCUT2D eigenvalue weighted by Crippen LogP contribution is 2.22. The Balaban J connectivity index is 1.64. The van der Waals surface area contributed by atoms with E-state index in [1.807, 2.05) is 49.4 Å². The third kappa shape index (κ3) is 5.26. The fraction of sp³-hybridized carbons (Fsp3) is 0.300. The van der Waals surface area contributed by atoms with Crippen LogP contribution in [0.2, 0.25) is 5.02 Å². The molecule has 3 rings (SSSR count). The summed E-state index contributed by atoms with van der Waals surface area (Å²) in [6.45, 7) is 3.92. The Morgan fingerprint density at radius 3 is 2.62 bits per heavy atom. The number of halogens is 1. The van der Waals surface area contributed by atoms with E-state index in [1.54, 1.807) is 6.07 Å². The Bertz CT molecular complexity index is 789. The number of hydrogen-bond donors (Lipinski definition) is 1. The number of likely N-dealkylation sites (tertiary alicyclic amines) is 1. The number of benzene rings is 2. The molecule has 0 radical (unpaired) electrons. The van der Waals surface area contributed by atoms with Gasteiger partial charge in [-0.25, -0.2) is 4.99 Å². The quantitative estimate of drug-likeness (QED) is 0.586. The van der Waals surface area contributed by atoms with Gasteiger partial charge in [0.25, 0.3) is 0 Å². The van der Waals surface area contributed by atoms with E-state index in [-0.39, 0.29) is 5.91 Å². The van der Waals surface area contributed by atoms with Crippen LogP contribution in [-0.2, 0) is 4.79 Å². The van der Waals surface area contributed by atoms with Crippen molar-refractivity contribution in [3.63, 3.8) is 0 Å². The highest BCUT2D eigenvalue weighted by Gasteiger charge is 2.18. The van der Waals surface area contributed by atoms with Crippen LogP contribution < -0.4 is 5.32 Å². The lowest BCUT2D eigenvalue weighted by molar-refractivity contribution is -0.113. The summed E-state index contributed by atoms with van der Waals surface area (Å²) in [7, 11) is 0. The number of carbonyl (C=O) groups is 1. The first kappa shape index (κ1) is 18.8. The zero-order valence-electron chi connectivity index (χ0n) is 14.7. The van der Waals surface area contributed by atoms with E-state index in [0.29, 0.717) is 16.5 Å². The van der Waals surface area contributed by atoms with E-state index in [4.69, 9.17) is 16.6 Å². The highest BCUT2D eigenvalue weighted by atomic mass is 35.5. The summed E-state index contributed by atoms with van der Waals surface area (Å²) >= 11 is 7.60. The van der Waals surface area contributed by atoms with Crippen LogP contribution >= 0.6 is 23.4 Å². The summed E-state index contributed by atoms with van der Waals surface area (Å²) < 4.78 is 0. The third-order valence-corrected chi connectivity index (χ3v) is 5.57. The molecule has 0 atom stereocenters. The van der Waals surface area contributed by atoms with Crippen LogP contribution in [0.1, 0.15) is 18.4 Å². The van der Waals surface area contributed by atoms with Crippen molar-refractivity contribution in [3.05, 3.63) is 59.1 Å². The Kier molecular flexibility index (Phi) is 6.58. The molecule has 1 heterocycles. The molecule has 0 aliphatic carbocycles. The summed E-state index contributed by atoms with van der Waals surface area (Å²) in [5.74, 6) is 0.253. The lowest BCUT2D eigenvalue weighted by Gasteiger charge is -2.19. The first-order valence-corrected chi connectivity index (χ1v) is 10.1. The van der Waals surface area contributed by atoms with E-state index in [2.05, 4.69) is 10.2 Å². The summed E-state index contributed by atoms with van der Waals surface area (Å²) in [5, 5.41) is 4.46. The molecule has 6 heteroatoms. The molecule has 26 heavy (non-hydrogen) atoms. The smallest absolute Gasteiger partial charge is 0.234 e. The molecule has 0 saturated carbocycles. The van der Waals surface area contributed by atoms with Crippen LogP contribution in [-0.4, -0.2) is 34.8 Å². The Morgan fingerprint density at radius 1 is 1.19 bits per heavy atom. The molecule has 0 aromatic heterocycles. The number of para-hydroxylation sites is 1. The van der Waals surface area contributed by atoms with E-state index >= 15 is 0 Å². The molecule has 0 bridgehead atoms. The average molecular weight is 388 g/mol. The molecule has 1 N–H and O–H groups in total. The van der Waals surface area contributed by atoms with E-state index < -0.39 is 0 Å². The minimum Gasteiger partial charge on any atom is -0.351 e. The van der Waals surface area contributed by atoms with Crippen molar-refractivity contribution in [3.8, 4) is 0 Å². The molecule has 2 aromatic rings. The van der Waals surface area contributed by atoms with Crippen molar-refractivity contribution in [2.75, 3.05) is 24.2 Å². The van der Waals surface area contributed by atoms with Gasteiger partial charge < -0.3 is 10.2 Å². The highest BCUT2D eigenvalue weighted by molar-refractivity contribution is 8.14. The summed E-state index contributed by atoms with van der Waals surface area (Å²) in [4.78, 5) is 19.3. The van der Waals surface area contributed by atoms with Gasteiger partial charge in [0.15, 0.2) is 5.17 Å². The molecular weight excluding hydrogens is 366 g/mol. The normalized spacial score (nSPS) is 14.5. The molecule has 136 valence electrons. The third-order valence-electron chi connectivity index (χ3n) is 4.15. The van der Waals surface area contributed by atoms with Crippen molar-refractivity contribution in [2.24, 2.45) is 4.99 Å². The maximum absolute atomic E-state index is 12.3. The minimum atomic E-state index is -0.0603. The number of amides is 1. The van der Waals surface area contributed by atoms with Gasteiger partial charge in [0.2, 0.25) is 5.91 Å². The van der Waals surface area contributed by atoms with E-state index in [0.717, 1.165) is 29.5 Å². The molecule has 1 saturated heterocycles. The fourth-order valence-corrected chi connectivity index (χ4v) is 3.76. The number of aliphatic imine (C=N–C) groups is 1. The van der Waals surface area contributed by atoms with Crippen molar-refractivity contribution in [1.82, 2.24) is 4.90 Å². The van der Waals surface area contributed by atoms with Gasteiger partial charge in [-0.1, -0.05) is 47.6 Å². The van der Waals surface area contributed by atoms with Crippen molar-refractivity contribution >= 4 is 45.8 Å². The van der Waals surface area contributed by atoms with Crippen LogP contribution in [0.3, 0.4) is 0 Å². The number of nitrogens with zero attached hydrogens (tertiary/aromatic N) is 2. The average Bonchev–Trinajstić information content (AvgIpc) is 3.17. The molecule has 1 amide bonds. The van der Waals surface area contributed by atoms with Crippen molar-refractivity contribution in [1.29, 1.82) is 0 Å². The zero-order chi connectivity index (χ0) is 18.4. The van der Waals surface area contributed by atoms with Gasteiger partial charge in [0, 0.05) is 23.8 Å². The standard InChI is InChI=1S/C20H22ClN3OS/c1-15-9-10-17(13-18(15)21)22-19(25)14-26-20(24-11-5-6-12-24)23-16-7-3-2-4-8-16/h2-4,7-10,13H,5-6,11-12,14H2,1H3,(H,22,25). The van der Waals surface area contributed by atoms with Crippen LogP contribution in [0, 0.1) is 6.92 Å². The maximum atomic E-state index is 12.3. The van der Waals surface area contributed by atoms with Gasteiger partial charge in [0.05, 0.1) is 11.4 Å². The van der Waals surface area contributed by atoms with Crippen LogP contribution in [0.4, 0.5) is 11.4 Å². The first-order chi connectivity index (χ1) is 12.6. The van der Waals surface area contributed by atoms with Crippen molar-refractivity contribution < 1.29 is 4.79 Å². The predicted molar refractivity (Wildman–Crippen MR) is 112 cm³/mol. The number of nitrogens with one attached hydrogen (secondary N) is 1. The van der Waals surface area contributed by atoms with Gasteiger partial charge in [-0.3, -0.25) is 4.79 Å². The van der Waals surface area contributed by atoms with E-state index in [9.17, 15) is 4.79 Å². The molecule has 1 fully saturated rings.